The van der Waals surface area contributed by atoms with Crippen LogP contribution in [-0.2, 0) is 12.3 Å². The number of hydrogen-bond acceptors (Lipinski definition) is 4. The molecule has 0 unspecified atom stereocenters. The van der Waals surface area contributed by atoms with Crippen molar-refractivity contribution in [1.29, 1.82) is 0 Å². The van der Waals surface area contributed by atoms with E-state index in [0.717, 1.165) is 41.7 Å². The SMILES string of the molecule is CCn1c(SCc2ccccc2F)nnc1-c1ccc(OC2CCCC2)cc1. The van der Waals surface area contributed by atoms with Gasteiger partial charge in [-0.15, -0.1) is 10.2 Å². The Balaban J connectivity index is 1.48. The van der Waals surface area contributed by atoms with Gasteiger partial charge in [0.2, 0.25) is 0 Å². The van der Waals surface area contributed by atoms with Crippen LogP contribution in [0.4, 0.5) is 4.39 Å². The molecule has 0 atom stereocenters. The summed E-state index contributed by atoms with van der Waals surface area (Å²) in [4.78, 5) is 0. The minimum atomic E-state index is -0.185. The molecule has 4 rings (SSSR count). The van der Waals surface area contributed by atoms with E-state index in [4.69, 9.17) is 4.74 Å². The third-order valence-electron chi connectivity index (χ3n) is 5.07. The molecule has 28 heavy (non-hydrogen) atoms. The van der Waals surface area contributed by atoms with E-state index < -0.39 is 0 Å². The van der Waals surface area contributed by atoms with E-state index in [0.29, 0.717) is 17.4 Å². The van der Waals surface area contributed by atoms with Crippen LogP contribution in [0.25, 0.3) is 11.4 Å². The molecule has 1 aliphatic rings. The Labute approximate surface area is 169 Å². The molecule has 146 valence electrons. The van der Waals surface area contributed by atoms with E-state index in [2.05, 4.69) is 21.7 Å². The largest absolute Gasteiger partial charge is 0.490 e. The van der Waals surface area contributed by atoms with E-state index in [1.807, 2.05) is 30.3 Å². The van der Waals surface area contributed by atoms with Crippen LogP contribution in [0.2, 0.25) is 0 Å². The second-order valence-electron chi connectivity index (χ2n) is 6.98. The molecule has 1 aliphatic carbocycles. The van der Waals surface area contributed by atoms with Crippen LogP contribution in [0.1, 0.15) is 38.2 Å². The Kier molecular flexibility index (Phi) is 5.95. The highest BCUT2D eigenvalue weighted by atomic mass is 32.2. The summed E-state index contributed by atoms with van der Waals surface area (Å²) in [5, 5.41) is 9.52. The quantitative estimate of drug-likeness (QED) is 0.478. The Morgan fingerprint density at radius 3 is 2.54 bits per heavy atom. The molecule has 1 aromatic heterocycles. The summed E-state index contributed by atoms with van der Waals surface area (Å²) in [5.41, 5.74) is 1.68. The van der Waals surface area contributed by atoms with Crippen molar-refractivity contribution in [3.63, 3.8) is 0 Å². The van der Waals surface area contributed by atoms with Crippen LogP contribution in [0, 0.1) is 5.82 Å². The van der Waals surface area contributed by atoms with Crippen LogP contribution in [0.3, 0.4) is 0 Å². The molecular weight excluding hydrogens is 373 g/mol. The first-order valence-corrected chi connectivity index (χ1v) is 10.8. The predicted octanol–water partition coefficient (Wildman–Crippen LogP) is 5.72. The summed E-state index contributed by atoms with van der Waals surface area (Å²) < 4.78 is 22.0. The van der Waals surface area contributed by atoms with Crippen molar-refractivity contribution >= 4 is 11.8 Å². The number of aromatic nitrogens is 3. The number of benzene rings is 2. The number of nitrogens with zero attached hydrogens (tertiary/aromatic N) is 3. The fourth-order valence-corrected chi connectivity index (χ4v) is 4.52. The summed E-state index contributed by atoms with van der Waals surface area (Å²) in [7, 11) is 0. The first-order chi connectivity index (χ1) is 13.7. The van der Waals surface area contributed by atoms with Crippen molar-refractivity contribution in [3.8, 4) is 17.1 Å². The van der Waals surface area contributed by atoms with Crippen LogP contribution < -0.4 is 4.74 Å². The molecule has 0 N–H and O–H groups in total. The van der Waals surface area contributed by atoms with Gasteiger partial charge < -0.3 is 9.30 Å². The van der Waals surface area contributed by atoms with E-state index in [1.54, 1.807) is 12.1 Å². The average Bonchev–Trinajstić information content (AvgIpc) is 3.37. The van der Waals surface area contributed by atoms with Gasteiger partial charge in [-0.2, -0.15) is 0 Å². The van der Waals surface area contributed by atoms with Crippen molar-refractivity contribution in [1.82, 2.24) is 14.8 Å². The van der Waals surface area contributed by atoms with Crippen LogP contribution >= 0.6 is 11.8 Å². The highest BCUT2D eigenvalue weighted by molar-refractivity contribution is 7.98. The predicted molar refractivity (Wildman–Crippen MR) is 110 cm³/mol. The topological polar surface area (TPSA) is 39.9 Å². The highest BCUT2D eigenvalue weighted by Crippen LogP contribution is 2.29. The van der Waals surface area contributed by atoms with Gasteiger partial charge in [0.1, 0.15) is 11.6 Å². The summed E-state index contributed by atoms with van der Waals surface area (Å²) >= 11 is 1.50. The van der Waals surface area contributed by atoms with Crippen molar-refractivity contribution in [2.24, 2.45) is 0 Å². The second-order valence-corrected chi connectivity index (χ2v) is 7.92. The van der Waals surface area contributed by atoms with Gasteiger partial charge in [-0.05, 0) is 68.5 Å². The lowest BCUT2D eigenvalue weighted by atomic mass is 10.2. The van der Waals surface area contributed by atoms with Crippen LogP contribution in [0.15, 0.2) is 53.7 Å². The molecular formula is C22H24FN3OS. The van der Waals surface area contributed by atoms with Crippen molar-refractivity contribution in [2.45, 2.75) is 56.2 Å². The molecule has 3 aromatic rings. The van der Waals surface area contributed by atoms with E-state index in [9.17, 15) is 4.39 Å². The molecule has 0 saturated heterocycles. The molecule has 0 bridgehead atoms. The number of hydrogen-bond donors (Lipinski definition) is 0. The molecule has 4 nitrogen and oxygen atoms in total. The average molecular weight is 398 g/mol. The summed E-state index contributed by atoms with van der Waals surface area (Å²) in [6, 6.07) is 14.9. The fourth-order valence-electron chi connectivity index (χ4n) is 3.53. The maximum absolute atomic E-state index is 13.9. The Morgan fingerprint density at radius 2 is 1.82 bits per heavy atom. The monoisotopic (exact) mass is 397 g/mol. The van der Waals surface area contributed by atoms with Crippen LogP contribution in [-0.4, -0.2) is 20.9 Å². The Morgan fingerprint density at radius 1 is 1.07 bits per heavy atom. The molecule has 2 aromatic carbocycles. The lowest BCUT2D eigenvalue weighted by molar-refractivity contribution is 0.210. The first kappa shape index (κ1) is 19.0. The molecule has 1 heterocycles. The number of rotatable bonds is 7. The molecule has 0 radical (unpaired) electrons. The van der Waals surface area contributed by atoms with E-state index >= 15 is 0 Å². The van der Waals surface area contributed by atoms with Gasteiger partial charge in [-0.25, -0.2) is 4.39 Å². The highest BCUT2D eigenvalue weighted by Gasteiger charge is 2.17. The van der Waals surface area contributed by atoms with Gasteiger partial charge in [0.05, 0.1) is 6.10 Å². The molecule has 0 spiro atoms. The second kappa shape index (κ2) is 8.78. The lowest BCUT2D eigenvalue weighted by Crippen LogP contribution is -2.10. The third-order valence-corrected chi connectivity index (χ3v) is 6.08. The molecule has 1 fully saturated rings. The molecule has 0 amide bonds. The standard InChI is InChI=1S/C22H24FN3OS/c1-2-26-21(16-11-13-19(14-12-16)27-18-8-4-5-9-18)24-25-22(26)28-15-17-7-3-6-10-20(17)23/h3,6-7,10-14,18H,2,4-5,8-9,15H2,1H3. The van der Waals surface area contributed by atoms with Gasteiger partial charge in [0.25, 0.3) is 0 Å². The number of ether oxygens (including phenoxy) is 1. The van der Waals surface area contributed by atoms with Gasteiger partial charge in [0.15, 0.2) is 11.0 Å². The minimum absolute atomic E-state index is 0.185. The van der Waals surface area contributed by atoms with Gasteiger partial charge in [-0.1, -0.05) is 30.0 Å². The smallest absolute Gasteiger partial charge is 0.191 e. The third kappa shape index (κ3) is 4.22. The minimum Gasteiger partial charge on any atom is -0.490 e. The van der Waals surface area contributed by atoms with Crippen molar-refractivity contribution < 1.29 is 9.13 Å². The molecule has 1 saturated carbocycles. The van der Waals surface area contributed by atoms with Gasteiger partial charge >= 0.3 is 0 Å². The fraction of sp³-hybridized carbons (Fsp3) is 0.364. The van der Waals surface area contributed by atoms with Gasteiger partial charge in [-0.3, -0.25) is 0 Å². The number of halogens is 1. The zero-order chi connectivity index (χ0) is 19.3. The number of thioether (sulfide) groups is 1. The van der Waals surface area contributed by atoms with E-state index in [-0.39, 0.29) is 5.82 Å². The van der Waals surface area contributed by atoms with E-state index in [1.165, 1.54) is 30.7 Å². The summed E-state index contributed by atoms with van der Waals surface area (Å²) in [5.74, 6) is 2.08. The Bertz CT molecular complexity index is 920. The van der Waals surface area contributed by atoms with Crippen molar-refractivity contribution in [2.75, 3.05) is 0 Å². The maximum Gasteiger partial charge on any atom is 0.191 e. The zero-order valence-corrected chi connectivity index (χ0v) is 16.8. The molecule has 0 aliphatic heterocycles. The van der Waals surface area contributed by atoms with Crippen molar-refractivity contribution in [3.05, 3.63) is 59.9 Å². The maximum atomic E-state index is 13.9. The lowest BCUT2D eigenvalue weighted by Gasteiger charge is -2.13. The normalized spacial score (nSPS) is 14.5. The van der Waals surface area contributed by atoms with Gasteiger partial charge in [0, 0.05) is 17.9 Å². The molecule has 6 heteroatoms. The first-order valence-electron chi connectivity index (χ1n) is 9.81. The zero-order valence-electron chi connectivity index (χ0n) is 16.0. The summed E-state index contributed by atoms with van der Waals surface area (Å²) in [6.07, 6.45) is 5.17. The Hall–Kier alpha value is -2.34. The summed E-state index contributed by atoms with van der Waals surface area (Å²) in [6.45, 7) is 2.82. The van der Waals surface area contributed by atoms with Crippen LogP contribution in [0.5, 0.6) is 5.75 Å².